The van der Waals surface area contributed by atoms with Gasteiger partial charge in [0.15, 0.2) is 5.69 Å². The number of carboxylic acids is 1. The molecule has 1 N–H and O–H groups in total. The molecule has 0 fully saturated rings. The van der Waals surface area contributed by atoms with Gasteiger partial charge in [-0.25, -0.2) is 9.78 Å². The van der Waals surface area contributed by atoms with Crippen LogP contribution in [0.1, 0.15) is 10.5 Å². The van der Waals surface area contributed by atoms with Gasteiger partial charge in [-0.05, 0) is 17.7 Å². The van der Waals surface area contributed by atoms with Crippen LogP contribution in [-0.4, -0.2) is 16.1 Å². The van der Waals surface area contributed by atoms with Crippen LogP contribution < -0.4 is 0 Å². The summed E-state index contributed by atoms with van der Waals surface area (Å²) in [7, 11) is 0. The molecule has 0 aliphatic heterocycles. The molecule has 0 radical (unpaired) electrons. The van der Waals surface area contributed by atoms with Crippen LogP contribution in [0.25, 0.3) is 21.0 Å². The topological polar surface area (TPSA) is 50.2 Å². The molecular weight excluding hydrogens is 306 g/mol. The minimum atomic E-state index is -1.02. The molecule has 0 aliphatic rings. The van der Waals surface area contributed by atoms with Crippen molar-refractivity contribution in [3.05, 3.63) is 65.3 Å². The number of benzene rings is 2. The Morgan fingerprint density at radius 2 is 1.67 bits per heavy atom. The predicted molar refractivity (Wildman–Crippen MR) is 85.0 cm³/mol. The van der Waals surface area contributed by atoms with Crippen LogP contribution in [0.15, 0.2) is 54.6 Å². The van der Waals surface area contributed by atoms with Crippen LogP contribution in [0.3, 0.4) is 0 Å². The molecule has 3 rings (SSSR count). The number of thiazole rings is 1. The summed E-state index contributed by atoms with van der Waals surface area (Å²) in [6.45, 7) is 0. The zero-order valence-electron chi connectivity index (χ0n) is 10.8. The Labute approximate surface area is 130 Å². The fourth-order valence-corrected chi connectivity index (χ4v) is 3.16. The van der Waals surface area contributed by atoms with Gasteiger partial charge in [-0.15, -0.1) is 11.3 Å². The number of aromatic carboxylic acids is 1. The van der Waals surface area contributed by atoms with E-state index in [0.29, 0.717) is 14.9 Å². The number of hydrogen-bond acceptors (Lipinski definition) is 3. The van der Waals surface area contributed by atoms with Crippen LogP contribution in [0.4, 0.5) is 0 Å². The van der Waals surface area contributed by atoms with Gasteiger partial charge in [0, 0.05) is 10.6 Å². The summed E-state index contributed by atoms with van der Waals surface area (Å²) in [6.07, 6.45) is 0. The Hall–Kier alpha value is -2.17. The first-order valence-electron chi connectivity index (χ1n) is 6.20. The lowest BCUT2D eigenvalue weighted by atomic mass is 10.1. The fourth-order valence-electron chi connectivity index (χ4n) is 1.97. The van der Waals surface area contributed by atoms with Gasteiger partial charge in [-0.3, -0.25) is 0 Å². The summed E-state index contributed by atoms with van der Waals surface area (Å²) in [5.74, 6) is -1.02. The number of carboxylic acid groups (broad SMARTS) is 1. The number of aromatic nitrogens is 1. The number of hydrogen-bond donors (Lipinski definition) is 1. The summed E-state index contributed by atoms with van der Waals surface area (Å²) in [5, 5.41) is 10.7. The lowest BCUT2D eigenvalue weighted by Gasteiger charge is -1.97. The summed E-state index contributed by atoms with van der Waals surface area (Å²) < 4.78 is 0. The molecule has 3 nitrogen and oxygen atoms in total. The van der Waals surface area contributed by atoms with Gasteiger partial charge < -0.3 is 5.11 Å². The van der Waals surface area contributed by atoms with Crippen molar-refractivity contribution in [1.82, 2.24) is 4.98 Å². The third-order valence-electron chi connectivity index (χ3n) is 2.96. The monoisotopic (exact) mass is 315 g/mol. The van der Waals surface area contributed by atoms with Crippen LogP contribution in [-0.2, 0) is 0 Å². The third kappa shape index (κ3) is 2.82. The van der Waals surface area contributed by atoms with Gasteiger partial charge in [-0.1, -0.05) is 54.1 Å². The number of halogens is 1. The minimum Gasteiger partial charge on any atom is -0.476 e. The van der Waals surface area contributed by atoms with Crippen molar-refractivity contribution in [2.45, 2.75) is 0 Å². The second kappa shape index (κ2) is 5.68. The molecule has 0 aliphatic carbocycles. The van der Waals surface area contributed by atoms with E-state index in [4.69, 9.17) is 11.6 Å². The minimum absolute atomic E-state index is 0.0798. The molecule has 0 saturated carbocycles. The van der Waals surface area contributed by atoms with Crippen LogP contribution in [0.2, 0.25) is 5.02 Å². The molecule has 5 heteroatoms. The van der Waals surface area contributed by atoms with E-state index in [1.165, 1.54) is 11.3 Å². The number of rotatable bonds is 3. The summed E-state index contributed by atoms with van der Waals surface area (Å²) >= 11 is 7.24. The highest BCUT2D eigenvalue weighted by Crippen LogP contribution is 2.35. The first kappa shape index (κ1) is 13.8. The average molecular weight is 316 g/mol. The van der Waals surface area contributed by atoms with E-state index in [0.717, 1.165) is 11.1 Å². The maximum atomic E-state index is 11.4. The molecule has 0 amide bonds. The molecule has 0 unspecified atom stereocenters. The molecule has 104 valence electrons. The highest BCUT2D eigenvalue weighted by atomic mass is 35.5. The number of carbonyl (C=O) groups is 1. The summed E-state index contributed by atoms with van der Waals surface area (Å²) in [4.78, 5) is 16.3. The molecule has 1 heterocycles. The smallest absolute Gasteiger partial charge is 0.356 e. The third-order valence-corrected chi connectivity index (χ3v) is 4.36. The van der Waals surface area contributed by atoms with E-state index in [-0.39, 0.29) is 5.69 Å². The van der Waals surface area contributed by atoms with E-state index < -0.39 is 5.97 Å². The molecule has 0 spiro atoms. The second-order valence-corrected chi connectivity index (χ2v) is 5.81. The Balaban J connectivity index is 2.13. The lowest BCUT2D eigenvalue weighted by molar-refractivity contribution is 0.0692. The molecule has 2 aromatic carbocycles. The number of nitrogens with zero attached hydrogens (tertiary/aromatic N) is 1. The average Bonchev–Trinajstić information content (AvgIpc) is 2.94. The van der Waals surface area contributed by atoms with Gasteiger partial charge in [0.2, 0.25) is 0 Å². The normalized spacial score (nSPS) is 10.5. The SMILES string of the molecule is O=C(O)c1nc(-c2ccc(Cl)cc2)sc1-c1ccccc1. The Morgan fingerprint density at radius 1 is 1.00 bits per heavy atom. The highest BCUT2D eigenvalue weighted by Gasteiger charge is 2.19. The molecule has 0 bridgehead atoms. The quantitative estimate of drug-likeness (QED) is 0.753. The van der Waals surface area contributed by atoms with Gasteiger partial charge in [0.05, 0.1) is 4.88 Å². The van der Waals surface area contributed by atoms with E-state index in [1.807, 2.05) is 42.5 Å². The fraction of sp³-hybridized carbons (Fsp3) is 0. The molecule has 0 saturated heterocycles. The maximum Gasteiger partial charge on any atom is 0.356 e. The first-order chi connectivity index (χ1) is 10.1. The maximum absolute atomic E-state index is 11.4. The van der Waals surface area contributed by atoms with Crippen molar-refractivity contribution < 1.29 is 9.90 Å². The zero-order valence-corrected chi connectivity index (χ0v) is 12.4. The van der Waals surface area contributed by atoms with E-state index in [2.05, 4.69) is 4.98 Å². The summed E-state index contributed by atoms with van der Waals surface area (Å²) in [5.41, 5.74) is 1.79. The summed E-state index contributed by atoms with van der Waals surface area (Å²) in [6, 6.07) is 16.6. The Kier molecular flexibility index (Phi) is 3.73. The van der Waals surface area contributed by atoms with Crippen LogP contribution in [0, 0.1) is 0 Å². The van der Waals surface area contributed by atoms with Gasteiger partial charge >= 0.3 is 5.97 Å². The zero-order chi connectivity index (χ0) is 14.8. The molecule has 3 aromatic rings. The van der Waals surface area contributed by atoms with Crippen molar-refractivity contribution in [1.29, 1.82) is 0 Å². The lowest BCUT2D eigenvalue weighted by Crippen LogP contribution is -1.98. The van der Waals surface area contributed by atoms with E-state index in [9.17, 15) is 9.90 Å². The van der Waals surface area contributed by atoms with E-state index in [1.54, 1.807) is 12.1 Å². The van der Waals surface area contributed by atoms with Gasteiger partial charge in [0.25, 0.3) is 0 Å². The van der Waals surface area contributed by atoms with Crippen molar-refractivity contribution in [3.63, 3.8) is 0 Å². The Morgan fingerprint density at radius 3 is 2.29 bits per heavy atom. The molecular formula is C16H10ClNO2S. The van der Waals surface area contributed by atoms with E-state index >= 15 is 0 Å². The highest BCUT2D eigenvalue weighted by molar-refractivity contribution is 7.18. The van der Waals surface area contributed by atoms with Gasteiger partial charge in [0.1, 0.15) is 5.01 Å². The molecule has 21 heavy (non-hydrogen) atoms. The van der Waals surface area contributed by atoms with Crippen molar-refractivity contribution in [3.8, 4) is 21.0 Å². The largest absolute Gasteiger partial charge is 0.476 e. The van der Waals surface area contributed by atoms with Gasteiger partial charge in [-0.2, -0.15) is 0 Å². The van der Waals surface area contributed by atoms with Crippen molar-refractivity contribution in [2.24, 2.45) is 0 Å². The predicted octanol–water partition coefficient (Wildman–Crippen LogP) is 4.83. The molecule has 0 atom stereocenters. The first-order valence-corrected chi connectivity index (χ1v) is 7.40. The standard InChI is InChI=1S/C16H10ClNO2S/c17-12-8-6-11(7-9-12)15-18-13(16(19)20)14(21-15)10-4-2-1-3-5-10/h1-9H,(H,19,20). The second-order valence-electron chi connectivity index (χ2n) is 4.37. The Bertz CT molecular complexity index is 782. The molecule has 1 aromatic heterocycles. The van der Waals surface area contributed by atoms with Crippen LogP contribution in [0.5, 0.6) is 0 Å². The van der Waals surface area contributed by atoms with Crippen LogP contribution >= 0.6 is 22.9 Å². The van der Waals surface area contributed by atoms with Crippen molar-refractivity contribution in [2.75, 3.05) is 0 Å². The van der Waals surface area contributed by atoms with Crippen molar-refractivity contribution >= 4 is 28.9 Å².